The standard InChI is InChI=1S/C13H22N2OS.ClH/c1-3-4-5-11(9-14)15-13(16)8-12-7-6-10(2)17-12;/h6-7,11H,3-5,8-9,14H2,1-2H3,(H,15,16);1H. The summed E-state index contributed by atoms with van der Waals surface area (Å²) in [5.74, 6) is 0.0819. The maximum atomic E-state index is 11.8. The molecule has 0 saturated carbocycles. The highest BCUT2D eigenvalue weighted by Gasteiger charge is 2.11. The van der Waals surface area contributed by atoms with Crippen molar-refractivity contribution in [2.75, 3.05) is 6.54 Å². The number of rotatable bonds is 7. The third kappa shape index (κ3) is 6.38. The van der Waals surface area contributed by atoms with Gasteiger partial charge in [0.1, 0.15) is 0 Å². The van der Waals surface area contributed by atoms with Crippen molar-refractivity contribution >= 4 is 29.7 Å². The lowest BCUT2D eigenvalue weighted by Crippen LogP contribution is -2.40. The number of aryl methyl sites for hydroxylation is 1. The molecule has 18 heavy (non-hydrogen) atoms. The molecule has 1 atom stereocenters. The van der Waals surface area contributed by atoms with E-state index in [1.54, 1.807) is 11.3 Å². The van der Waals surface area contributed by atoms with Crippen LogP contribution in [0.5, 0.6) is 0 Å². The summed E-state index contributed by atoms with van der Waals surface area (Å²) in [6.45, 7) is 4.72. The first-order chi connectivity index (χ1) is 8.15. The zero-order chi connectivity index (χ0) is 12.7. The number of hydrogen-bond acceptors (Lipinski definition) is 3. The van der Waals surface area contributed by atoms with Gasteiger partial charge in [-0.05, 0) is 25.5 Å². The lowest BCUT2D eigenvalue weighted by Gasteiger charge is -2.16. The molecule has 3 nitrogen and oxygen atoms in total. The zero-order valence-corrected chi connectivity index (χ0v) is 12.7. The van der Waals surface area contributed by atoms with Gasteiger partial charge in [-0.25, -0.2) is 0 Å². The predicted molar refractivity (Wildman–Crippen MR) is 80.5 cm³/mol. The van der Waals surface area contributed by atoms with Crippen molar-refractivity contribution in [3.8, 4) is 0 Å². The monoisotopic (exact) mass is 290 g/mol. The summed E-state index contributed by atoms with van der Waals surface area (Å²) >= 11 is 1.68. The number of carbonyl (C=O) groups excluding carboxylic acids is 1. The second-order valence-electron chi connectivity index (χ2n) is 4.33. The summed E-state index contributed by atoms with van der Waals surface area (Å²) in [7, 11) is 0. The SMILES string of the molecule is CCCCC(CN)NC(=O)Cc1ccc(C)s1.Cl. The molecule has 0 aliphatic rings. The molecule has 1 aromatic rings. The average molecular weight is 291 g/mol. The second-order valence-corrected chi connectivity index (χ2v) is 5.70. The molecular formula is C13H23ClN2OS. The molecule has 5 heteroatoms. The highest BCUT2D eigenvalue weighted by atomic mass is 35.5. The quantitative estimate of drug-likeness (QED) is 0.811. The van der Waals surface area contributed by atoms with Crippen LogP contribution in [0.3, 0.4) is 0 Å². The molecule has 0 aliphatic heterocycles. The van der Waals surface area contributed by atoms with Gasteiger partial charge in [-0.2, -0.15) is 0 Å². The number of thiophene rings is 1. The van der Waals surface area contributed by atoms with Gasteiger partial charge < -0.3 is 11.1 Å². The Kier molecular flexibility index (Phi) is 9.06. The van der Waals surface area contributed by atoms with E-state index >= 15 is 0 Å². The highest BCUT2D eigenvalue weighted by molar-refractivity contribution is 7.12. The maximum absolute atomic E-state index is 11.8. The fourth-order valence-corrected chi connectivity index (χ4v) is 2.61. The minimum absolute atomic E-state index is 0. The molecule has 1 aromatic heterocycles. The number of nitrogens with one attached hydrogen (secondary N) is 1. The van der Waals surface area contributed by atoms with Crippen LogP contribution in [0.4, 0.5) is 0 Å². The van der Waals surface area contributed by atoms with Crippen molar-refractivity contribution in [2.24, 2.45) is 5.73 Å². The van der Waals surface area contributed by atoms with Crippen LogP contribution in [0.2, 0.25) is 0 Å². The third-order valence-electron chi connectivity index (χ3n) is 2.69. The topological polar surface area (TPSA) is 55.1 Å². The maximum Gasteiger partial charge on any atom is 0.225 e. The summed E-state index contributed by atoms with van der Waals surface area (Å²) in [5, 5.41) is 3.00. The number of amides is 1. The summed E-state index contributed by atoms with van der Waals surface area (Å²) < 4.78 is 0. The first-order valence-electron chi connectivity index (χ1n) is 6.20. The predicted octanol–water partition coefficient (Wildman–Crippen LogP) is 2.65. The molecule has 0 saturated heterocycles. The van der Waals surface area contributed by atoms with Crippen LogP contribution in [-0.4, -0.2) is 18.5 Å². The Hall–Kier alpha value is -0.580. The van der Waals surface area contributed by atoms with Crippen molar-refractivity contribution in [2.45, 2.75) is 45.6 Å². The van der Waals surface area contributed by atoms with Gasteiger partial charge in [0.15, 0.2) is 0 Å². The molecule has 0 aromatic carbocycles. The summed E-state index contributed by atoms with van der Waals surface area (Å²) in [4.78, 5) is 14.2. The van der Waals surface area contributed by atoms with Crippen molar-refractivity contribution < 1.29 is 4.79 Å². The largest absolute Gasteiger partial charge is 0.352 e. The van der Waals surface area contributed by atoms with Crippen LogP contribution in [0, 0.1) is 6.92 Å². The smallest absolute Gasteiger partial charge is 0.225 e. The Morgan fingerprint density at radius 1 is 1.50 bits per heavy atom. The molecule has 0 radical (unpaired) electrons. The van der Waals surface area contributed by atoms with E-state index in [1.165, 1.54) is 4.88 Å². The van der Waals surface area contributed by atoms with E-state index in [-0.39, 0.29) is 24.4 Å². The number of hydrogen-bond donors (Lipinski definition) is 2. The van der Waals surface area contributed by atoms with E-state index in [0.717, 1.165) is 24.1 Å². The molecular weight excluding hydrogens is 268 g/mol. The Labute approximate surface area is 120 Å². The minimum Gasteiger partial charge on any atom is -0.352 e. The van der Waals surface area contributed by atoms with Crippen molar-refractivity contribution in [3.63, 3.8) is 0 Å². The Balaban J connectivity index is 0.00000289. The molecule has 1 rings (SSSR count). The van der Waals surface area contributed by atoms with E-state index < -0.39 is 0 Å². The average Bonchev–Trinajstić information content (AvgIpc) is 2.69. The highest BCUT2D eigenvalue weighted by Crippen LogP contribution is 2.15. The summed E-state index contributed by atoms with van der Waals surface area (Å²) in [6, 6.07) is 4.19. The molecule has 1 unspecified atom stereocenters. The van der Waals surface area contributed by atoms with Crippen LogP contribution < -0.4 is 11.1 Å². The van der Waals surface area contributed by atoms with Crippen LogP contribution in [-0.2, 0) is 11.2 Å². The molecule has 1 heterocycles. The van der Waals surface area contributed by atoms with E-state index in [0.29, 0.717) is 13.0 Å². The summed E-state index contributed by atoms with van der Waals surface area (Å²) in [6.07, 6.45) is 3.69. The van der Waals surface area contributed by atoms with Gasteiger partial charge in [-0.1, -0.05) is 19.8 Å². The van der Waals surface area contributed by atoms with Gasteiger partial charge in [0.25, 0.3) is 0 Å². The zero-order valence-electron chi connectivity index (χ0n) is 11.1. The third-order valence-corrected chi connectivity index (χ3v) is 3.69. The van der Waals surface area contributed by atoms with Crippen LogP contribution in [0.25, 0.3) is 0 Å². The Morgan fingerprint density at radius 3 is 2.72 bits per heavy atom. The minimum atomic E-state index is 0. The van der Waals surface area contributed by atoms with Crippen LogP contribution in [0.15, 0.2) is 12.1 Å². The van der Waals surface area contributed by atoms with E-state index in [1.807, 2.05) is 12.1 Å². The van der Waals surface area contributed by atoms with Gasteiger partial charge in [0.05, 0.1) is 6.42 Å². The van der Waals surface area contributed by atoms with Gasteiger partial charge in [0.2, 0.25) is 5.91 Å². The lowest BCUT2D eigenvalue weighted by atomic mass is 10.1. The number of carbonyl (C=O) groups is 1. The lowest BCUT2D eigenvalue weighted by molar-refractivity contribution is -0.121. The fraction of sp³-hybridized carbons (Fsp3) is 0.615. The normalized spacial score (nSPS) is 11.7. The van der Waals surface area contributed by atoms with Gasteiger partial charge >= 0.3 is 0 Å². The van der Waals surface area contributed by atoms with Gasteiger partial charge in [-0.3, -0.25) is 4.79 Å². The van der Waals surface area contributed by atoms with Gasteiger partial charge in [-0.15, -0.1) is 23.7 Å². The van der Waals surface area contributed by atoms with Crippen molar-refractivity contribution in [1.29, 1.82) is 0 Å². The van der Waals surface area contributed by atoms with Crippen molar-refractivity contribution in [3.05, 3.63) is 21.9 Å². The number of unbranched alkanes of at least 4 members (excludes halogenated alkanes) is 1. The molecule has 0 bridgehead atoms. The first kappa shape index (κ1) is 17.4. The van der Waals surface area contributed by atoms with E-state index in [4.69, 9.17) is 5.73 Å². The molecule has 0 spiro atoms. The van der Waals surface area contributed by atoms with Gasteiger partial charge in [0, 0.05) is 22.3 Å². The molecule has 1 amide bonds. The number of nitrogens with two attached hydrogens (primary N) is 1. The van der Waals surface area contributed by atoms with Crippen LogP contribution in [0.1, 0.15) is 35.9 Å². The van der Waals surface area contributed by atoms with E-state index in [2.05, 4.69) is 19.2 Å². The first-order valence-corrected chi connectivity index (χ1v) is 7.02. The number of halogens is 1. The molecule has 104 valence electrons. The Morgan fingerprint density at radius 2 is 2.22 bits per heavy atom. The Bertz CT molecular complexity index is 355. The van der Waals surface area contributed by atoms with E-state index in [9.17, 15) is 4.79 Å². The fourth-order valence-electron chi connectivity index (χ4n) is 1.72. The summed E-state index contributed by atoms with van der Waals surface area (Å²) in [5.41, 5.74) is 5.65. The molecule has 3 N–H and O–H groups in total. The van der Waals surface area contributed by atoms with Crippen LogP contribution >= 0.6 is 23.7 Å². The molecule has 0 aliphatic carbocycles. The second kappa shape index (κ2) is 9.36. The molecule has 0 fully saturated rings. The van der Waals surface area contributed by atoms with Crippen molar-refractivity contribution in [1.82, 2.24) is 5.32 Å².